The van der Waals surface area contributed by atoms with Crippen molar-refractivity contribution in [1.82, 2.24) is 10.6 Å². The maximum Gasteiger partial charge on any atom is 0.405 e. The minimum absolute atomic E-state index is 0.408. The number of carbonyl (C=O) groups excluding carboxylic acids is 2. The predicted molar refractivity (Wildman–Crippen MR) is 78.3 cm³/mol. The van der Waals surface area contributed by atoms with Crippen LogP contribution in [0, 0.1) is 0 Å². The zero-order valence-electron chi connectivity index (χ0n) is 12.2. The molecule has 0 radical (unpaired) electrons. The second-order valence-electron chi connectivity index (χ2n) is 4.84. The van der Waals surface area contributed by atoms with Gasteiger partial charge in [-0.3, -0.25) is 14.4 Å². The molecule has 0 aliphatic rings. The summed E-state index contributed by atoms with van der Waals surface area (Å²) in [6.45, 7) is -1.55. The highest BCUT2D eigenvalue weighted by Crippen LogP contribution is 2.19. The van der Waals surface area contributed by atoms with E-state index in [1.54, 1.807) is 5.32 Å². The van der Waals surface area contributed by atoms with Crippen molar-refractivity contribution in [3.8, 4) is 0 Å². The van der Waals surface area contributed by atoms with Crippen LogP contribution >= 0.6 is 11.6 Å². The van der Waals surface area contributed by atoms with Crippen LogP contribution in [0.5, 0.6) is 0 Å². The van der Waals surface area contributed by atoms with Crippen molar-refractivity contribution in [2.75, 3.05) is 6.54 Å². The van der Waals surface area contributed by atoms with E-state index in [0.717, 1.165) is 0 Å². The smallest absolute Gasteiger partial charge is 0.405 e. The Morgan fingerprint density at radius 3 is 2.21 bits per heavy atom. The van der Waals surface area contributed by atoms with Gasteiger partial charge in [0.25, 0.3) is 0 Å². The second kappa shape index (κ2) is 8.53. The Kier molecular flexibility index (Phi) is 7.02. The molecule has 0 fully saturated rings. The lowest BCUT2D eigenvalue weighted by Gasteiger charge is -2.17. The molecule has 6 nitrogen and oxygen atoms in total. The molecule has 0 bridgehead atoms. The molecule has 0 spiro atoms. The number of carboxylic acid groups (broad SMARTS) is 1. The Bertz CT molecular complexity index is 605. The molecule has 0 aliphatic heterocycles. The van der Waals surface area contributed by atoms with Gasteiger partial charge in [0.15, 0.2) is 0 Å². The van der Waals surface area contributed by atoms with Gasteiger partial charge in [-0.1, -0.05) is 23.7 Å². The molecule has 10 heteroatoms. The van der Waals surface area contributed by atoms with Gasteiger partial charge in [-0.25, -0.2) is 0 Å². The van der Waals surface area contributed by atoms with Crippen LogP contribution in [0.4, 0.5) is 13.2 Å². The van der Waals surface area contributed by atoms with E-state index in [2.05, 4.69) is 5.32 Å². The molecule has 2 amide bonds. The molecule has 1 rings (SSSR count). The summed E-state index contributed by atoms with van der Waals surface area (Å²) < 4.78 is 35.9. The maximum absolute atomic E-state index is 12.0. The van der Waals surface area contributed by atoms with Gasteiger partial charge in [0.1, 0.15) is 13.0 Å². The fraction of sp³-hybridized carbons (Fsp3) is 0.357. The zero-order valence-corrected chi connectivity index (χ0v) is 12.9. The van der Waals surface area contributed by atoms with Gasteiger partial charge < -0.3 is 15.7 Å². The number of hydrogen-bond donors (Lipinski definition) is 3. The van der Waals surface area contributed by atoms with Gasteiger partial charge >= 0.3 is 12.1 Å². The van der Waals surface area contributed by atoms with Gasteiger partial charge in [0.2, 0.25) is 11.8 Å². The Morgan fingerprint density at radius 2 is 1.71 bits per heavy atom. The number of carboxylic acids is 1. The molecule has 0 heterocycles. The summed E-state index contributed by atoms with van der Waals surface area (Å²) in [5.74, 6) is -3.21. The molecule has 0 aliphatic carbocycles. The van der Waals surface area contributed by atoms with Crippen LogP contribution in [0.3, 0.4) is 0 Å². The van der Waals surface area contributed by atoms with E-state index >= 15 is 0 Å². The van der Waals surface area contributed by atoms with E-state index in [4.69, 9.17) is 16.7 Å². The molecular weight excluding hydrogens is 353 g/mol. The molecule has 24 heavy (non-hydrogen) atoms. The molecule has 0 saturated carbocycles. The van der Waals surface area contributed by atoms with Crippen molar-refractivity contribution in [3.63, 3.8) is 0 Å². The maximum atomic E-state index is 12.0. The van der Waals surface area contributed by atoms with E-state index in [0.29, 0.717) is 10.6 Å². The fourth-order valence-electron chi connectivity index (χ4n) is 1.77. The van der Waals surface area contributed by atoms with Crippen molar-refractivity contribution in [2.45, 2.75) is 25.1 Å². The highest BCUT2D eigenvalue weighted by Gasteiger charge is 2.28. The van der Waals surface area contributed by atoms with Crippen LogP contribution in [0.25, 0.3) is 0 Å². The van der Waals surface area contributed by atoms with Crippen molar-refractivity contribution >= 4 is 29.4 Å². The van der Waals surface area contributed by atoms with Gasteiger partial charge in [-0.05, 0) is 17.7 Å². The predicted octanol–water partition coefficient (Wildman–Crippen LogP) is 2.04. The molecular formula is C14H14ClF3N2O4. The number of carbonyl (C=O) groups is 3. The van der Waals surface area contributed by atoms with E-state index < -0.39 is 49.4 Å². The van der Waals surface area contributed by atoms with Gasteiger partial charge in [-0.2, -0.15) is 13.2 Å². The lowest BCUT2D eigenvalue weighted by molar-refractivity contribution is -0.141. The standard InChI is InChI=1S/C14H14ClF3N2O4/c15-9-3-1-8(2-4-9)10(5-13(23)24)20-12(22)6-11(21)19-7-14(16,17)18/h1-4,10H,5-7H2,(H,19,21)(H,20,22)(H,23,24)/t10-/m0/s1. The Hall–Kier alpha value is -2.29. The third-order valence-corrected chi connectivity index (χ3v) is 3.05. The Balaban J connectivity index is 2.66. The van der Waals surface area contributed by atoms with Crippen LogP contribution in [-0.4, -0.2) is 35.6 Å². The summed E-state index contributed by atoms with van der Waals surface area (Å²) in [4.78, 5) is 33.9. The van der Waals surface area contributed by atoms with Crippen molar-refractivity contribution in [1.29, 1.82) is 0 Å². The van der Waals surface area contributed by atoms with Crippen molar-refractivity contribution in [3.05, 3.63) is 34.9 Å². The highest BCUT2D eigenvalue weighted by atomic mass is 35.5. The summed E-state index contributed by atoms with van der Waals surface area (Å²) in [6, 6.07) is 5.05. The zero-order chi connectivity index (χ0) is 18.3. The Labute approximate surface area is 140 Å². The SMILES string of the molecule is O=C(O)C[C@H](NC(=O)CC(=O)NCC(F)(F)F)c1ccc(Cl)cc1. The average molecular weight is 367 g/mol. The lowest BCUT2D eigenvalue weighted by atomic mass is 10.0. The van der Waals surface area contributed by atoms with E-state index in [-0.39, 0.29) is 0 Å². The molecule has 1 aromatic rings. The normalized spacial score (nSPS) is 12.3. The van der Waals surface area contributed by atoms with Crippen LogP contribution in [-0.2, 0) is 14.4 Å². The summed E-state index contributed by atoms with van der Waals surface area (Å²) in [7, 11) is 0. The summed E-state index contributed by atoms with van der Waals surface area (Å²) in [6.07, 6.45) is -5.89. The van der Waals surface area contributed by atoms with Crippen LogP contribution < -0.4 is 10.6 Å². The lowest BCUT2D eigenvalue weighted by Crippen LogP contribution is -2.38. The topological polar surface area (TPSA) is 95.5 Å². The third kappa shape index (κ3) is 7.82. The average Bonchev–Trinajstić information content (AvgIpc) is 2.44. The minimum atomic E-state index is -4.58. The number of halogens is 4. The van der Waals surface area contributed by atoms with Crippen LogP contribution in [0.15, 0.2) is 24.3 Å². The quantitative estimate of drug-likeness (QED) is 0.643. The fourth-order valence-corrected chi connectivity index (χ4v) is 1.90. The highest BCUT2D eigenvalue weighted by molar-refractivity contribution is 6.30. The molecule has 1 atom stereocenters. The molecule has 132 valence electrons. The second-order valence-corrected chi connectivity index (χ2v) is 5.27. The van der Waals surface area contributed by atoms with Crippen molar-refractivity contribution < 1.29 is 32.7 Å². The first-order valence-electron chi connectivity index (χ1n) is 6.67. The minimum Gasteiger partial charge on any atom is -0.481 e. The molecule has 3 N–H and O–H groups in total. The first-order chi connectivity index (χ1) is 11.1. The number of rotatable bonds is 7. The number of nitrogens with one attached hydrogen (secondary N) is 2. The number of alkyl halides is 3. The van der Waals surface area contributed by atoms with Gasteiger partial charge in [-0.15, -0.1) is 0 Å². The van der Waals surface area contributed by atoms with E-state index in [1.165, 1.54) is 24.3 Å². The first kappa shape index (κ1) is 19.8. The largest absolute Gasteiger partial charge is 0.481 e. The molecule has 0 aromatic heterocycles. The van der Waals surface area contributed by atoms with Crippen molar-refractivity contribution in [2.24, 2.45) is 0 Å². The number of benzene rings is 1. The van der Waals surface area contributed by atoms with E-state index in [1.807, 2.05) is 0 Å². The summed E-state index contributed by atoms with van der Waals surface area (Å²) in [5.41, 5.74) is 0.436. The Morgan fingerprint density at radius 1 is 1.12 bits per heavy atom. The summed E-state index contributed by atoms with van der Waals surface area (Å²) >= 11 is 5.72. The third-order valence-electron chi connectivity index (χ3n) is 2.79. The first-order valence-corrected chi connectivity index (χ1v) is 7.04. The van der Waals surface area contributed by atoms with Crippen LogP contribution in [0.1, 0.15) is 24.4 Å². The molecule has 1 aromatic carbocycles. The van der Waals surface area contributed by atoms with E-state index in [9.17, 15) is 27.6 Å². The summed E-state index contributed by atoms with van der Waals surface area (Å²) in [5, 5.41) is 13.2. The molecule has 0 saturated heterocycles. The molecule has 0 unspecified atom stereocenters. The number of amides is 2. The monoisotopic (exact) mass is 366 g/mol. The number of hydrogen-bond acceptors (Lipinski definition) is 3. The van der Waals surface area contributed by atoms with Gasteiger partial charge in [0.05, 0.1) is 12.5 Å². The number of aliphatic carboxylic acids is 1. The van der Waals surface area contributed by atoms with Crippen LogP contribution in [0.2, 0.25) is 5.02 Å². The van der Waals surface area contributed by atoms with Gasteiger partial charge in [0, 0.05) is 5.02 Å².